The van der Waals surface area contributed by atoms with Gasteiger partial charge in [-0.15, -0.1) is 0 Å². The van der Waals surface area contributed by atoms with E-state index in [1.807, 2.05) is 47.4 Å². The number of H-pyrrole nitrogens is 1. The fourth-order valence-electron chi connectivity index (χ4n) is 3.55. The first kappa shape index (κ1) is 16.7. The van der Waals surface area contributed by atoms with E-state index in [9.17, 15) is 4.79 Å². The Morgan fingerprint density at radius 1 is 1.07 bits per heavy atom. The van der Waals surface area contributed by atoms with Gasteiger partial charge in [-0.05, 0) is 29.8 Å². The molecule has 0 bridgehead atoms. The Morgan fingerprint density at radius 2 is 1.89 bits per heavy atom. The van der Waals surface area contributed by atoms with Crippen molar-refractivity contribution in [3.8, 4) is 11.5 Å². The Labute approximate surface area is 162 Å². The van der Waals surface area contributed by atoms with E-state index in [4.69, 9.17) is 9.47 Å². The van der Waals surface area contributed by atoms with Crippen molar-refractivity contribution in [3.05, 3.63) is 48.0 Å². The molecular weight excluding hydrogens is 358 g/mol. The van der Waals surface area contributed by atoms with Crippen molar-refractivity contribution >= 4 is 23.0 Å². The number of nitrogens with zero attached hydrogens (tertiary/aromatic N) is 3. The molecule has 144 valence electrons. The van der Waals surface area contributed by atoms with Crippen LogP contribution in [0.1, 0.15) is 5.56 Å². The molecule has 2 aliphatic rings. The van der Waals surface area contributed by atoms with Crippen LogP contribution in [0.25, 0.3) is 11.0 Å². The molecule has 8 heteroatoms. The number of piperazine rings is 1. The molecule has 0 saturated carbocycles. The van der Waals surface area contributed by atoms with Crippen LogP contribution in [-0.2, 0) is 6.54 Å². The first-order valence-electron chi connectivity index (χ1n) is 9.37. The molecule has 1 aromatic heterocycles. The summed E-state index contributed by atoms with van der Waals surface area (Å²) in [6.07, 6.45) is 0. The smallest absolute Gasteiger partial charge is 0.317 e. The van der Waals surface area contributed by atoms with Crippen molar-refractivity contribution < 1.29 is 14.3 Å². The monoisotopic (exact) mass is 379 g/mol. The van der Waals surface area contributed by atoms with E-state index in [0.29, 0.717) is 19.6 Å². The van der Waals surface area contributed by atoms with Crippen LogP contribution < -0.4 is 19.7 Å². The van der Waals surface area contributed by atoms with Gasteiger partial charge in [-0.25, -0.2) is 9.78 Å². The van der Waals surface area contributed by atoms with E-state index in [1.54, 1.807) is 0 Å². The van der Waals surface area contributed by atoms with Crippen molar-refractivity contribution in [2.45, 2.75) is 6.54 Å². The molecule has 0 radical (unpaired) electrons. The highest BCUT2D eigenvalue weighted by Gasteiger charge is 2.23. The summed E-state index contributed by atoms with van der Waals surface area (Å²) in [5.41, 5.74) is 2.97. The molecule has 0 unspecified atom stereocenters. The van der Waals surface area contributed by atoms with Gasteiger partial charge in [-0.2, -0.15) is 0 Å². The van der Waals surface area contributed by atoms with Crippen LogP contribution >= 0.6 is 0 Å². The zero-order chi connectivity index (χ0) is 18.9. The number of hydrogen-bond acceptors (Lipinski definition) is 5. The summed E-state index contributed by atoms with van der Waals surface area (Å²) in [5.74, 6) is 2.34. The number of carbonyl (C=O) groups excluding carboxylic acids is 1. The maximum atomic E-state index is 12.5. The van der Waals surface area contributed by atoms with Gasteiger partial charge in [0.05, 0.1) is 11.0 Å². The summed E-state index contributed by atoms with van der Waals surface area (Å²) in [5, 5.41) is 2.98. The normalized spacial score (nSPS) is 15.9. The van der Waals surface area contributed by atoms with E-state index in [0.717, 1.165) is 47.1 Å². The van der Waals surface area contributed by atoms with Crippen molar-refractivity contribution in [2.75, 3.05) is 37.9 Å². The van der Waals surface area contributed by atoms with Crippen LogP contribution in [-0.4, -0.2) is 53.9 Å². The fourth-order valence-corrected chi connectivity index (χ4v) is 3.55. The average molecular weight is 379 g/mol. The standard InChI is InChI=1S/C20H21N5O3/c26-20(21-12-14-5-6-17-18(11-14)28-13-27-17)25-9-7-24(8-10-25)19-22-15-3-1-2-4-16(15)23-19/h1-6,11H,7-10,12-13H2,(H,21,26)(H,22,23). The highest BCUT2D eigenvalue weighted by Crippen LogP contribution is 2.32. The van der Waals surface area contributed by atoms with Gasteiger partial charge < -0.3 is 29.6 Å². The minimum atomic E-state index is -0.0538. The van der Waals surface area contributed by atoms with E-state index in [1.165, 1.54) is 0 Å². The Hall–Kier alpha value is -3.42. The number of rotatable bonds is 3. The molecule has 1 saturated heterocycles. The van der Waals surface area contributed by atoms with Crippen LogP contribution in [0, 0.1) is 0 Å². The third-order valence-electron chi connectivity index (χ3n) is 5.12. The van der Waals surface area contributed by atoms with Gasteiger partial charge in [0.25, 0.3) is 0 Å². The van der Waals surface area contributed by atoms with Crippen LogP contribution in [0.15, 0.2) is 42.5 Å². The number of anilines is 1. The first-order chi connectivity index (χ1) is 13.8. The second-order valence-electron chi connectivity index (χ2n) is 6.90. The lowest BCUT2D eigenvalue weighted by Crippen LogP contribution is -2.52. The molecule has 8 nitrogen and oxygen atoms in total. The lowest BCUT2D eigenvalue weighted by Gasteiger charge is -2.34. The van der Waals surface area contributed by atoms with Gasteiger partial charge in [0.2, 0.25) is 12.7 Å². The third kappa shape index (κ3) is 3.17. The number of aromatic amines is 1. The molecule has 2 N–H and O–H groups in total. The number of aromatic nitrogens is 2. The number of nitrogens with one attached hydrogen (secondary N) is 2. The molecule has 28 heavy (non-hydrogen) atoms. The SMILES string of the molecule is O=C(NCc1ccc2c(c1)OCO2)N1CCN(c2nc3ccccc3[nH]2)CC1. The van der Waals surface area contributed by atoms with Crippen LogP contribution in [0.5, 0.6) is 11.5 Å². The molecular formula is C20H21N5O3. The van der Waals surface area contributed by atoms with Crippen molar-refractivity contribution in [2.24, 2.45) is 0 Å². The van der Waals surface area contributed by atoms with Crippen LogP contribution in [0.2, 0.25) is 0 Å². The highest BCUT2D eigenvalue weighted by atomic mass is 16.7. The molecule has 0 atom stereocenters. The summed E-state index contributed by atoms with van der Waals surface area (Å²) in [4.78, 5) is 24.5. The summed E-state index contributed by atoms with van der Waals surface area (Å²) >= 11 is 0. The Kier molecular flexibility index (Phi) is 4.16. The molecule has 5 rings (SSSR count). The van der Waals surface area contributed by atoms with E-state index in [-0.39, 0.29) is 12.8 Å². The van der Waals surface area contributed by atoms with Gasteiger partial charge in [-0.1, -0.05) is 18.2 Å². The van der Waals surface area contributed by atoms with Gasteiger partial charge >= 0.3 is 6.03 Å². The van der Waals surface area contributed by atoms with Crippen LogP contribution in [0.4, 0.5) is 10.7 Å². The summed E-state index contributed by atoms with van der Waals surface area (Å²) in [6.45, 7) is 3.52. The second-order valence-corrected chi connectivity index (χ2v) is 6.90. The number of hydrogen-bond donors (Lipinski definition) is 2. The molecule has 0 spiro atoms. The first-order valence-corrected chi connectivity index (χ1v) is 9.37. The molecule has 0 aliphatic carbocycles. The molecule has 1 fully saturated rings. The lowest BCUT2D eigenvalue weighted by atomic mass is 10.2. The molecule has 2 amide bonds. The van der Waals surface area contributed by atoms with Gasteiger partial charge in [0, 0.05) is 32.7 Å². The molecule has 3 heterocycles. The minimum Gasteiger partial charge on any atom is -0.454 e. The summed E-state index contributed by atoms with van der Waals surface area (Å²) in [7, 11) is 0. The Bertz CT molecular complexity index is 977. The van der Waals surface area contributed by atoms with Gasteiger partial charge in [0.15, 0.2) is 11.5 Å². The Balaban J connectivity index is 1.15. The number of benzene rings is 2. The zero-order valence-corrected chi connectivity index (χ0v) is 15.4. The lowest BCUT2D eigenvalue weighted by molar-refractivity contribution is 0.174. The largest absolute Gasteiger partial charge is 0.454 e. The van der Waals surface area contributed by atoms with Gasteiger partial charge in [0.1, 0.15) is 0 Å². The van der Waals surface area contributed by atoms with E-state index in [2.05, 4.69) is 20.2 Å². The van der Waals surface area contributed by atoms with Crippen LogP contribution in [0.3, 0.4) is 0 Å². The van der Waals surface area contributed by atoms with Gasteiger partial charge in [-0.3, -0.25) is 0 Å². The molecule has 3 aromatic rings. The quantitative estimate of drug-likeness (QED) is 0.730. The number of ether oxygens (including phenoxy) is 2. The predicted molar refractivity (Wildman–Crippen MR) is 105 cm³/mol. The molecule has 2 aromatic carbocycles. The Morgan fingerprint density at radius 3 is 2.75 bits per heavy atom. The minimum absolute atomic E-state index is 0.0538. The fraction of sp³-hybridized carbons (Fsp3) is 0.300. The zero-order valence-electron chi connectivity index (χ0n) is 15.4. The number of amides is 2. The summed E-state index contributed by atoms with van der Waals surface area (Å²) < 4.78 is 10.7. The second kappa shape index (κ2) is 6.95. The maximum absolute atomic E-state index is 12.5. The van der Waals surface area contributed by atoms with Crippen molar-refractivity contribution in [1.82, 2.24) is 20.2 Å². The predicted octanol–water partition coefficient (Wildman–Crippen LogP) is 2.32. The number of fused-ring (bicyclic) bond motifs is 2. The summed E-state index contributed by atoms with van der Waals surface area (Å²) in [6, 6.07) is 13.6. The molecule has 2 aliphatic heterocycles. The maximum Gasteiger partial charge on any atom is 0.317 e. The highest BCUT2D eigenvalue weighted by molar-refractivity contribution is 5.78. The number of imidazole rings is 1. The topological polar surface area (TPSA) is 82.7 Å². The number of urea groups is 1. The van der Waals surface area contributed by atoms with E-state index < -0.39 is 0 Å². The average Bonchev–Trinajstić information content (AvgIpc) is 3.38. The number of carbonyl (C=O) groups is 1. The van der Waals surface area contributed by atoms with Crippen molar-refractivity contribution in [3.63, 3.8) is 0 Å². The van der Waals surface area contributed by atoms with E-state index >= 15 is 0 Å². The number of para-hydroxylation sites is 2. The third-order valence-corrected chi connectivity index (χ3v) is 5.12. The van der Waals surface area contributed by atoms with Crippen molar-refractivity contribution in [1.29, 1.82) is 0 Å².